The number of rotatable bonds is 17. The molecule has 0 unspecified atom stereocenters. The lowest BCUT2D eigenvalue weighted by Crippen LogP contribution is -2.70. The lowest BCUT2D eigenvalue weighted by molar-refractivity contribution is -0.383. The molecule has 6 rings (SSSR count). The van der Waals surface area contributed by atoms with Gasteiger partial charge in [-0.25, -0.2) is 0 Å². The van der Waals surface area contributed by atoms with E-state index >= 15 is 0 Å². The van der Waals surface area contributed by atoms with Gasteiger partial charge in [-0.15, -0.1) is 0 Å². The number of nitrogens with one attached hydrogen (secondary N) is 2. The summed E-state index contributed by atoms with van der Waals surface area (Å²) in [5.41, 5.74) is 0. The molecule has 6 aliphatic heterocycles. The van der Waals surface area contributed by atoms with Gasteiger partial charge in [-0.1, -0.05) is 0 Å². The SMILES string of the molecule is CC(=O)N[C@H]1[C@H](O[C@H]2[C@H](O)[C@@H](NC(C)=O)CO[C@@H]2CO[C@H]2O[C@@H](C)[C@@H](O)[C@@H](O)[C@@H]2O)O[C@H](CO)[C@@H](O[C@@H]2O[C@H](CO[C@H]3O[C@H](CO)[C@@H](O)[C@H](O)[C@@H]3O)[C@@H](O)[C@H](O[C@H]3O[C@H](CO)[C@@H](O)[C@H](O)[C@@H]3O)[C@@H]2O)[C@@H]1O. The van der Waals surface area contributed by atoms with E-state index in [1.807, 2.05) is 0 Å². The van der Waals surface area contributed by atoms with Crippen LogP contribution in [-0.4, -0.2) is 311 Å². The Balaban J connectivity index is 1.25. The molecule has 18 N–H and O–H groups in total. The van der Waals surface area contributed by atoms with Gasteiger partial charge < -0.3 is 144 Å². The second-order valence-corrected chi connectivity index (χ2v) is 18.2. The maximum atomic E-state index is 12.7. The fourth-order valence-corrected chi connectivity index (χ4v) is 9.00. The third-order valence-corrected chi connectivity index (χ3v) is 13.1. The Morgan fingerprint density at radius 1 is 0.437 bits per heavy atom. The smallest absolute Gasteiger partial charge is 0.217 e. The molecule has 2 amide bonds. The maximum Gasteiger partial charge on any atom is 0.217 e. The second-order valence-electron chi connectivity index (χ2n) is 18.2. The number of aliphatic hydroxyl groups excluding tert-OH is 16. The molecule has 0 aromatic heterocycles. The van der Waals surface area contributed by atoms with Crippen molar-refractivity contribution in [2.45, 2.75) is 199 Å². The normalized spacial score (nSPS) is 49.8. The number of carbonyl (C=O) groups excluding carboxylic acids is 2. The minimum atomic E-state index is -2.21. The van der Waals surface area contributed by atoms with E-state index in [0.29, 0.717) is 0 Å². The van der Waals surface area contributed by atoms with E-state index in [2.05, 4.69) is 10.6 Å². The summed E-state index contributed by atoms with van der Waals surface area (Å²) in [6.07, 6.45) is -47.9. The molecule has 6 aliphatic rings. The number of carbonyl (C=O) groups is 2. The Morgan fingerprint density at radius 3 is 1.44 bits per heavy atom. The summed E-state index contributed by atoms with van der Waals surface area (Å²) in [5, 5.41) is 176. The highest BCUT2D eigenvalue weighted by Gasteiger charge is 2.56. The van der Waals surface area contributed by atoms with Gasteiger partial charge in [-0.2, -0.15) is 0 Å². The first-order chi connectivity index (χ1) is 33.5. The average Bonchev–Trinajstić information content (AvgIpc) is 3.33. The summed E-state index contributed by atoms with van der Waals surface area (Å²) in [7, 11) is 0. The lowest BCUT2D eigenvalue weighted by atomic mass is 9.94. The third-order valence-electron chi connectivity index (χ3n) is 13.1. The molecule has 71 heavy (non-hydrogen) atoms. The number of aliphatic hydroxyl groups is 16. The first-order valence-electron chi connectivity index (χ1n) is 22.8. The van der Waals surface area contributed by atoms with Crippen molar-refractivity contribution in [3.8, 4) is 0 Å². The molecule has 29 atom stereocenters. The zero-order chi connectivity index (χ0) is 52.3. The van der Waals surface area contributed by atoms with Crippen LogP contribution in [0.5, 0.6) is 0 Å². The first-order valence-corrected chi connectivity index (χ1v) is 22.8. The van der Waals surface area contributed by atoms with E-state index < -0.39 is 223 Å². The molecular formula is C40H68N2O29. The minimum Gasteiger partial charge on any atom is -0.394 e. The number of amides is 2. The molecule has 0 aromatic carbocycles. The van der Waals surface area contributed by atoms with Gasteiger partial charge in [0.25, 0.3) is 0 Å². The van der Waals surface area contributed by atoms with Gasteiger partial charge in [0.2, 0.25) is 11.8 Å². The summed E-state index contributed by atoms with van der Waals surface area (Å²) in [4.78, 5) is 24.8. The molecule has 31 heteroatoms. The van der Waals surface area contributed by atoms with E-state index in [1.54, 1.807) is 0 Å². The van der Waals surface area contributed by atoms with Crippen LogP contribution in [0, 0.1) is 0 Å². The van der Waals surface area contributed by atoms with Crippen molar-refractivity contribution in [3.63, 3.8) is 0 Å². The summed E-state index contributed by atoms with van der Waals surface area (Å²) >= 11 is 0. The summed E-state index contributed by atoms with van der Waals surface area (Å²) in [6.45, 7) is -0.901. The van der Waals surface area contributed by atoms with Crippen molar-refractivity contribution in [1.82, 2.24) is 10.6 Å². The fourth-order valence-electron chi connectivity index (χ4n) is 9.00. The molecule has 31 nitrogen and oxygen atoms in total. The highest BCUT2D eigenvalue weighted by atomic mass is 16.8. The molecule has 0 aromatic rings. The van der Waals surface area contributed by atoms with Crippen LogP contribution in [0.2, 0.25) is 0 Å². The van der Waals surface area contributed by atoms with Gasteiger partial charge in [0.05, 0.1) is 51.8 Å². The predicted molar refractivity (Wildman–Crippen MR) is 220 cm³/mol. The van der Waals surface area contributed by atoms with E-state index in [-0.39, 0.29) is 6.61 Å². The zero-order valence-corrected chi connectivity index (χ0v) is 38.4. The van der Waals surface area contributed by atoms with Crippen LogP contribution in [0.4, 0.5) is 0 Å². The predicted octanol–water partition coefficient (Wildman–Crippen LogP) is -12.1. The Labute approximate surface area is 403 Å². The van der Waals surface area contributed by atoms with Crippen molar-refractivity contribution in [2.75, 3.05) is 39.6 Å². The van der Waals surface area contributed by atoms with Gasteiger partial charge in [-0.3, -0.25) is 9.59 Å². The Kier molecular flexibility index (Phi) is 20.6. The highest BCUT2D eigenvalue weighted by molar-refractivity contribution is 5.73. The third kappa shape index (κ3) is 12.9. The molecule has 0 aliphatic carbocycles. The number of hydrogen-bond donors (Lipinski definition) is 18. The Bertz CT molecular complexity index is 1690. The van der Waals surface area contributed by atoms with Crippen molar-refractivity contribution in [3.05, 3.63) is 0 Å². The average molecular weight is 1040 g/mol. The quantitative estimate of drug-likeness (QED) is 0.0643. The van der Waals surface area contributed by atoms with Crippen molar-refractivity contribution < 1.29 is 143 Å². The van der Waals surface area contributed by atoms with Crippen molar-refractivity contribution >= 4 is 11.8 Å². The van der Waals surface area contributed by atoms with Crippen LogP contribution in [0.1, 0.15) is 20.8 Å². The molecule has 6 saturated heterocycles. The van der Waals surface area contributed by atoms with Crippen molar-refractivity contribution in [2.24, 2.45) is 0 Å². The fraction of sp³-hybridized carbons (Fsp3) is 0.950. The van der Waals surface area contributed by atoms with Gasteiger partial charge in [-0.05, 0) is 6.92 Å². The lowest BCUT2D eigenvalue weighted by Gasteiger charge is -2.50. The van der Waals surface area contributed by atoms with Gasteiger partial charge in [0.1, 0.15) is 134 Å². The van der Waals surface area contributed by atoms with Gasteiger partial charge >= 0.3 is 0 Å². The molecular weight excluding hydrogens is 972 g/mol. The van der Waals surface area contributed by atoms with Crippen LogP contribution in [-0.2, 0) is 61.7 Å². The standard InChI is InChI=1S/C40H68N2O29/c1-10-20(48)26(54)29(57)37(64-10)63-9-18-34(21(49)13(7-61-18)41-11(2)46)69-36-19(42-12(3)47)25(53)33(16(6-45)67-36)70-40-32(60)35(71-39-31(59)28(56)23(51)15(5-44)66-39)24(52)17(68-40)8-62-38-30(58)27(55)22(50)14(4-43)65-38/h10,13-40,43-45,48-60H,4-9H2,1-3H3,(H,41,46)(H,42,47)/t10-,13-,14+,15+,16+,17+,18+,19+,20+,21+,22+,23+,24+,25+,26+,27-,28-,29-,30-,31-,32-,33+,34+,35-,36-,37-,38-,39+,40-/m0/s1. The topological polar surface area (TPSA) is 483 Å². The Hall–Kier alpha value is -2.14. The second kappa shape index (κ2) is 25.1. The van der Waals surface area contributed by atoms with Gasteiger partial charge in [0, 0.05) is 13.8 Å². The highest BCUT2D eigenvalue weighted by Crippen LogP contribution is 2.35. The van der Waals surface area contributed by atoms with Crippen LogP contribution in [0.3, 0.4) is 0 Å². The number of ether oxygens (including phenoxy) is 11. The molecule has 412 valence electrons. The molecule has 6 heterocycles. The van der Waals surface area contributed by atoms with Crippen LogP contribution >= 0.6 is 0 Å². The van der Waals surface area contributed by atoms with Crippen molar-refractivity contribution in [1.29, 1.82) is 0 Å². The molecule has 0 saturated carbocycles. The molecule has 0 spiro atoms. The maximum absolute atomic E-state index is 12.7. The largest absolute Gasteiger partial charge is 0.394 e. The van der Waals surface area contributed by atoms with Crippen LogP contribution in [0.25, 0.3) is 0 Å². The first kappa shape index (κ1) is 58.1. The number of hydrogen-bond acceptors (Lipinski definition) is 29. The summed E-state index contributed by atoms with van der Waals surface area (Å²) in [5.74, 6) is -1.40. The summed E-state index contributed by atoms with van der Waals surface area (Å²) < 4.78 is 63.3. The Morgan fingerprint density at radius 2 is 0.873 bits per heavy atom. The monoisotopic (exact) mass is 1040 g/mol. The minimum absolute atomic E-state index is 0.326. The molecule has 0 radical (unpaired) electrons. The van der Waals surface area contributed by atoms with E-state index in [4.69, 9.17) is 52.1 Å². The molecule has 6 fully saturated rings. The van der Waals surface area contributed by atoms with Gasteiger partial charge in [0.15, 0.2) is 31.5 Å². The van der Waals surface area contributed by atoms with E-state index in [0.717, 1.165) is 13.8 Å². The summed E-state index contributed by atoms with van der Waals surface area (Å²) in [6, 6.07) is -2.86. The van der Waals surface area contributed by atoms with Crippen LogP contribution < -0.4 is 10.6 Å². The molecule has 0 bridgehead atoms. The zero-order valence-electron chi connectivity index (χ0n) is 38.4. The van der Waals surface area contributed by atoms with Crippen LogP contribution in [0.15, 0.2) is 0 Å². The van der Waals surface area contributed by atoms with E-state index in [1.165, 1.54) is 6.92 Å². The van der Waals surface area contributed by atoms with E-state index in [9.17, 15) is 91.3 Å².